The van der Waals surface area contributed by atoms with Crippen molar-refractivity contribution < 1.29 is 18.4 Å². The van der Waals surface area contributed by atoms with E-state index in [0.29, 0.717) is 22.9 Å². The molecule has 0 fully saturated rings. The predicted molar refractivity (Wildman–Crippen MR) is 93.0 cm³/mol. The van der Waals surface area contributed by atoms with Crippen LogP contribution in [-0.4, -0.2) is 24.4 Å². The highest BCUT2D eigenvalue weighted by Gasteiger charge is 2.12. The molecule has 0 aliphatic rings. The van der Waals surface area contributed by atoms with E-state index in [1.54, 1.807) is 44.6 Å². The summed E-state index contributed by atoms with van der Waals surface area (Å²) in [7, 11) is 3.12. The molecule has 0 aliphatic carbocycles. The lowest BCUT2D eigenvalue weighted by Crippen LogP contribution is -1.90. The Morgan fingerprint density at radius 3 is 2.48 bits per heavy atom. The summed E-state index contributed by atoms with van der Waals surface area (Å²) in [6.45, 7) is 0. The van der Waals surface area contributed by atoms with Crippen molar-refractivity contribution in [2.45, 2.75) is 0 Å². The Labute approximate surface area is 148 Å². The lowest BCUT2D eigenvalue weighted by Gasteiger charge is -2.07. The van der Waals surface area contributed by atoms with E-state index in [-0.39, 0.29) is 16.7 Å². The number of methoxy groups -OCH3 is 2. The second kappa shape index (κ2) is 7.36. The first-order valence-corrected chi connectivity index (χ1v) is 7.67. The normalized spacial score (nSPS) is 11.4. The molecule has 0 spiro atoms. The van der Waals surface area contributed by atoms with Crippen LogP contribution < -0.4 is 9.47 Å². The number of aromatic nitrogens is 2. The molecule has 0 radical (unpaired) electrons. The molecule has 0 unspecified atom stereocenters. The lowest BCUT2D eigenvalue weighted by molar-refractivity contribution is 0.355. The number of ether oxygens (including phenoxy) is 2. The molecule has 5 nitrogen and oxygen atoms in total. The van der Waals surface area contributed by atoms with E-state index in [0.717, 1.165) is 5.56 Å². The van der Waals surface area contributed by atoms with Gasteiger partial charge in [0, 0.05) is 5.56 Å². The van der Waals surface area contributed by atoms with Gasteiger partial charge in [-0.05, 0) is 48.0 Å². The number of hydrogen-bond acceptors (Lipinski definition) is 5. The van der Waals surface area contributed by atoms with Gasteiger partial charge in [0.05, 0.1) is 14.2 Å². The first kappa shape index (κ1) is 17.0. The highest BCUT2D eigenvalue weighted by molar-refractivity contribution is 6.50. The van der Waals surface area contributed by atoms with Crippen LogP contribution in [-0.2, 0) is 0 Å². The van der Waals surface area contributed by atoms with Gasteiger partial charge in [0.2, 0.25) is 5.82 Å². The fourth-order valence-corrected chi connectivity index (χ4v) is 2.39. The van der Waals surface area contributed by atoms with Crippen molar-refractivity contribution in [1.29, 1.82) is 0 Å². The van der Waals surface area contributed by atoms with Gasteiger partial charge in [0.1, 0.15) is 10.8 Å². The lowest BCUT2D eigenvalue weighted by atomic mass is 10.2. The Hall–Kier alpha value is -2.86. The van der Waals surface area contributed by atoms with Crippen LogP contribution in [0.15, 0.2) is 47.0 Å². The minimum absolute atomic E-state index is 0.163. The maximum Gasteiger partial charge on any atom is 0.269 e. The minimum atomic E-state index is -0.334. The molecule has 1 aromatic heterocycles. The average Bonchev–Trinajstić information content (AvgIpc) is 3.12. The van der Waals surface area contributed by atoms with Crippen LogP contribution in [0.5, 0.6) is 11.5 Å². The van der Waals surface area contributed by atoms with Gasteiger partial charge in [0.25, 0.3) is 5.89 Å². The second-order valence-electron chi connectivity index (χ2n) is 5.04. The molecule has 0 amide bonds. The highest BCUT2D eigenvalue weighted by Crippen LogP contribution is 2.30. The molecular weight excluding hydrogens is 347 g/mol. The Kier molecular flexibility index (Phi) is 5.00. The van der Waals surface area contributed by atoms with Gasteiger partial charge in [-0.2, -0.15) is 4.98 Å². The van der Waals surface area contributed by atoms with Gasteiger partial charge < -0.3 is 14.0 Å². The Bertz CT molecular complexity index is 907. The standard InChI is InChI=1S/C18H14ClFN2O3/c1-23-15-8-3-11(10-16(15)24-2)9-14(19)18-21-17(22-25-18)12-4-6-13(20)7-5-12/h3-10H,1-2H3/b14-9-. The molecule has 0 saturated carbocycles. The zero-order valence-electron chi connectivity index (χ0n) is 13.5. The average molecular weight is 361 g/mol. The van der Waals surface area contributed by atoms with Crippen molar-refractivity contribution in [3.8, 4) is 22.9 Å². The zero-order valence-corrected chi connectivity index (χ0v) is 14.2. The topological polar surface area (TPSA) is 57.4 Å². The number of benzene rings is 2. The molecule has 1 heterocycles. The molecule has 0 saturated heterocycles. The third-order valence-corrected chi connectivity index (χ3v) is 3.70. The van der Waals surface area contributed by atoms with Gasteiger partial charge in [-0.1, -0.05) is 22.8 Å². The van der Waals surface area contributed by atoms with Crippen LogP contribution in [0.2, 0.25) is 0 Å². The van der Waals surface area contributed by atoms with Crippen molar-refractivity contribution >= 4 is 22.7 Å². The number of halogens is 2. The fourth-order valence-electron chi connectivity index (χ4n) is 2.19. The molecule has 3 aromatic rings. The first-order valence-electron chi connectivity index (χ1n) is 7.30. The van der Waals surface area contributed by atoms with Crippen molar-refractivity contribution in [2.24, 2.45) is 0 Å². The molecule has 0 atom stereocenters. The molecule has 0 aliphatic heterocycles. The van der Waals surface area contributed by atoms with Crippen molar-refractivity contribution in [2.75, 3.05) is 14.2 Å². The van der Waals surface area contributed by atoms with Crippen LogP contribution in [0.4, 0.5) is 4.39 Å². The summed E-state index contributed by atoms with van der Waals surface area (Å²) >= 11 is 6.27. The summed E-state index contributed by atoms with van der Waals surface area (Å²) in [6.07, 6.45) is 1.67. The quantitative estimate of drug-likeness (QED) is 0.664. The largest absolute Gasteiger partial charge is 0.493 e. The van der Waals surface area contributed by atoms with Crippen molar-refractivity contribution in [1.82, 2.24) is 10.1 Å². The number of hydrogen-bond donors (Lipinski definition) is 0. The minimum Gasteiger partial charge on any atom is -0.493 e. The number of rotatable bonds is 5. The predicted octanol–water partition coefficient (Wildman–Crippen LogP) is 4.63. The summed E-state index contributed by atoms with van der Waals surface area (Å²) in [5.41, 5.74) is 1.41. The molecule has 0 bridgehead atoms. The van der Waals surface area contributed by atoms with Crippen LogP contribution in [0, 0.1) is 5.82 Å². The second-order valence-corrected chi connectivity index (χ2v) is 5.44. The van der Waals surface area contributed by atoms with E-state index in [4.69, 9.17) is 25.6 Å². The van der Waals surface area contributed by atoms with Gasteiger partial charge in [-0.15, -0.1) is 0 Å². The van der Waals surface area contributed by atoms with Gasteiger partial charge in [-0.25, -0.2) is 4.39 Å². The summed E-state index contributed by atoms with van der Waals surface area (Å²) in [5, 5.41) is 4.13. The summed E-state index contributed by atoms with van der Waals surface area (Å²) in [5.74, 6) is 1.36. The van der Waals surface area contributed by atoms with E-state index in [1.165, 1.54) is 12.1 Å². The smallest absolute Gasteiger partial charge is 0.269 e. The molecule has 7 heteroatoms. The molecule has 3 rings (SSSR count). The monoisotopic (exact) mass is 360 g/mol. The van der Waals surface area contributed by atoms with Crippen molar-refractivity contribution in [3.05, 3.63) is 59.7 Å². The van der Waals surface area contributed by atoms with E-state index in [2.05, 4.69) is 10.1 Å². The Morgan fingerprint density at radius 1 is 1.08 bits per heavy atom. The van der Waals surface area contributed by atoms with Crippen LogP contribution in [0.3, 0.4) is 0 Å². The Morgan fingerprint density at radius 2 is 1.80 bits per heavy atom. The van der Waals surface area contributed by atoms with Crippen LogP contribution in [0.25, 0.3) is 22.5 Å². The third kappa shape index (κ3) is 3.80. The maximum absolute atomic E-state index is 13.0. The molecule has 2 aromatic carbocycles. The zero-order chi connectivity index (χ0) is 17.8. The summed E-state index contributed by atoms with van der Waals surface area (Å²) in [6, 6.07) is 11.1. The summed E-state index contributed by atoms with van der Waals surface area (Å²) in [4.78, 5) is 4.23. The van der Waals surface area contributed by atoms with Crippen LogP contribution >= 0.6 is 11.6 Å². The molecular formula is C18H14ClFN2O3. The van der Waals surface area contributed by atoms with Gasteiger partial charge in [-0.3, -0.25) is 0 Å². The highest BCUT2D eigenvalue weighted by atomic mass is 35.5. The van der Waals surface area contributed by atoms with Crippen molar-refractivity contribution in [3.63, 3.8) is 0 Å². The SMILES string of the molecule is COc1ccc(/C=C(\Cl)c2nc(-c3ccc(F)cc3)no2)cc1OC. The maximum atomic E-state index is 13.0. The Balaban J connectivity index is 1.87. The molecule has 0 N–H and O–H groups in total. The third-order valence-electron chi connectivity index (χ3n) is 3.43. The van der Waals surface area contributed by atoms with E-state index in [9.17, 15) is 4.39 Å². The molecule has 25 heavy (non-hydrogen) atoms. The first-order chi connectivity index (χ1) is 12.1. The number of nitrogens with zero attached hydrogens (tertiary/aromatic N) is 2. The molecule has 128 valence electrons. The van der Waals surface area contributed by atoms with Gasteiger partial charge in [0.15, 0.2) is 11.5 Å². The van der Waals surface area contributed by atoms with E-state index in [1.807, 2.05) is 6.07 Å². The van der Waals surface area contributed by atoms with Gasteiger partial charge >= 0.3 is 0 Å². The van der Waals surface area contributed by atoms with E-state index < -0.39 is 0 Å². The fraction of sp³-hybridized carbons (Fsp3) is 0.111. The summed E-state index contributed by atoms with van der Waals surface area (Å²) < 4.78 is 28.6. The van der Waals surface area contributed by atoms with Crippen LogP contribution in [0.1, 0.15) is 11.5 Å². The van der Waals surface area contributed by atoms with E-state index >= 15 is 0 Å².